The molecule has 7 nitrogen and oxygen atoms in total. The minimum absolute atomic E-state index is 0.0777. The van der Waals surface area contributed by atoms with Crippen molar-refractivity contribution in [3.63, 3.8) is 0 Å². The maximum absolute atomic E-state index is 13.3. The van der Waals surface area contributed by atoms with Crippen LogP contribution in [0.15, 0.2) is 60.9 Å². The number of carbonyl (C=O) groups is 2. The smallest absolute Gasteiger partial charge is 0.234 e. The Morgan fingerprint density at radius 1 is 1.28 bits per heavy atom. The number of amides is 2. The van der Waals surface area contributed by atoms with Crippen LogP contribution in [0.5, 0.6) is 5.75 Å². The van der Waals surface area contributed by atoms with Crippen LogP contribution in [0.4, 0.5) is 5.69 Å². The molecule has 0 saturated carbocycles. The van der Waals surface area contributed by atoms with Gasteiger partial charge in [-0.15, -0.1) is 0 Å². The average Bonchev–Trinajstić information content (AvgIpc) is 3.41. The van der Waals surface area contributed by atoms with Gasteiger partial charge < -0.3 is 19.7 Å². The molecule has 1 aromatic heterocycles. The van der Waals surface area contributed by atoms with Crippen molar-refractivity contribution in [2.45, 2.75) is 18.2 Å². The molecule has 0 aliphatic carbocycles. The first kappa shape index (κ1) is 17.9. The van der Waals surface area contributed by atoms with E-state index < -0.39 is 17.4 Å². The highest BCUT2D eigenvalue weighted by atomic mass is 16.5. The van der Waals surface area contributed by atoms with Gasteiger partial charge in [-0.3, -0.25) is 14.6 Å². The maximum atomic E-state index is 13.3. The van der Waals surface area contributed by atoms with Gasteiger partial charge >= 0.3 is 0 Å². The standard InChI is InChI=1S/C22H21N3O4/c1-28-16-4-2-15(3-5-16)25-13-22-9-6-17(29-22)18(19(22)21(25)27)20(26)24-12-14-7-10-23-11-8-14/h2-11,17-19H,12-13H2,1H3,(H,24,26)/t17-,18+,19-,22-/m1/s1. The average molecular weight is 391 g/mol. The number of rotatable bonds is 5. The van der Waals surface area contributed by atoms with E-state index in [9.17, 15) is 9.59 Å². The van der Waals surface area contributed by atoms with Crippen molar-refractivity contribution < 1.29 is 19.1 Å². The molecule has 2 fully saturated rings. The number of hydrogen-bond donors (Lipinski definition) is 1. The van der Waals surface area contributed by atoms with Crippen LogP contribution in [0.3, 0.4) is 0 Å². The number of ether oxygens (including phenoxy) is 2. The van der Waals surface area contributed by atoms with Crippen molar-refractivity contribution in [3.8, 4) is 5.75 Å². The van der Waals surface area contributed by atoms with Gasteiger partial charge in [0.1, 0.15) is 11.4 Å². The Labute approximate surface area is 168 Å². The SMILES string of the molecule is COc1ccc(N2C[C@@]34C=C[C@@H](O3)[C@H](C(=O)NCc3ccncc3)[C@@H]4C2=O)cc1. The fourth-order valence-electron chi connectivity index (χ4n) is 4.59. The highest BCUT2D eigenvalue weighted by Crippen LogP contribution is 2.52. The largest absolute Gasteiger partial charge is 0.497 e. The number of nitrogens with zero attached hydrogens (tertiary/aromatic N) is 2. The second-order valence-corrected chi connectivity index (χ2v) is 7.60. The van der Waals surface area contributed by atoms with Gasteiger partial charge in [-0.25, -0.2) is 0 Å². The van der Waals surface area contributed by atoms with E-state index in [4.69, 9.17) is 9.47 Å². The first-order valence-corrected chi connectivity index (χ1v) is 9.60. The van der Waals surface area contributed by atoms with Gasteiger partial charge in [-0.2, -0.15) is 0 Å². The van der Waals surface area contributed by atoms with Crippen molar-refractivity contribution in [1.29, 1.82) is 0 Å². The molecule has 29 heavy (non-hydrogen) atoms. The summed E-state index contributed by atoms with van der Waals surface area (Å²) < 4.78 is 11.4. The molecule has 5 rings (SSSR count). The number of benzene rings is 1. The van der Waals surface area contributed by atoms with E-state index >= 15 is 0 Å². The molecule has 3 aliphatic rings. The molecule has 7 heteroatoms. The zero-order chi connectivity index (χ0) is 20.0. The van der Waals surface area contributed by atoms with Gasteiger partial charge in [0, 0.05) is 24.6 Å². The van der Waals surface area contributed by atoms with Crippen LogP contribution in [0.25, 0.3) is 0 Å². The summed E-state index contributed by atoms with van der Waals surface area (Å²) in [6.45, 7) is 0.800. The van der Waals surface area contributed by atoms with Crippen molar-refractivity contribution in [1.82, 2.24) is 10.3 Å². The molecule has 1 spiro atoms. The summed E-state index contributed by atoms with van der Waals surface area (Å²) in [5.41, 5.74) is 0.997. The summed E-state index contributed by atoms with van der Waals surface area (Å²) in [5, 5.41) is 2.96. The van der Waals surface area contributed by atoms with Gasteiger partial charge in [0.05, 0.1) is 31.6 Å². The highest BCUT2D eigenvalue weighted by molar-refractivity contribution is 6.03. The second kappa shape index (κ2) is 6.70. The van der Waals surface area contributed by atoms with Gasteiger partial charge in [-0.1, -0.05) is 12.2 Å². The minimum Gasteiger partial charge on any atom is -0.497 e. The number of hydrogen-bond acceptors (Lipinski definition) is 5. The van der Waals surface area contributed by atoms with E-state index in [0.29, 0.717) is 13.1 Å². The third kappa shape index (κ3) is 2.81. The molecule has 2 amide bonds. The summed E-state index contributed by atoms with van der Waals surface area (Å²) in [5.74, 6) is -0.558. The molecule has 4 atom stereocenters. The lowest BCUT2D eigenvalue weighted by atomic mass is 9.77. The molecule has 0 unspecified atom stereocenters. The number of anilines is 1. The predicted octanol–water partition coefficient (Wildman–Crippen LogP) is 1.69. The fourth-order valence-corrected chi connectivity index (χ4v) is 4.59. The molecule has 2 bridgehead atoms. The number of nitrogens with one attached hydrogen (secondary N) is 1. The summed E-state index contributed by atoms with van der Waals surface area (Å²) in [6.07, 6.45) is 6.88. The first-order chi connectivity index (χ1) is 14.1. The zero-order valence-corrected chi connectivity index (χ0v) is 15.9. The van der Waals surface area contributed by atoms with E-state index in [-0.39, 0.29) is 17.9 Å². The molecule has 4 heterocycles. The summed E-state index contributed by atoms with van der Waals surface area (Å²) in [4.78, 5) is 32.0. The van der Waals surface area contributed by atoms with Crippen LogP contribution in [-0.4, -0.2) is 42.2 Å². The molecule has 1 N–H and O–H groups in total. The van der Waals surface area contributed by atoms with Crippen molar-refractivity contribution in [2.75, 3.05) is 18.6 Å². The Kier molecular flexibility index (Phi) is 4.13. The topological polar surface area (TPSA) is 80.8 Å². The molecule has 1 aromatic carbocycles. The van der Waals surface area contributed by atoms with E-state index in [0.717, 1.165) is 17.0 Å². The van der Waals surface area contributed by atoms with Crippen LogP contribution in [0.2, 0.25) is 0 Å². The van der Waals surface area contributed by atoms with Gasteiger partial charge in [0.15, 0.2) is 0 Å². The minimum atomic E-state index is -0.736. The fraction of sp³-hybridized carbons (Fsp3) is 0.318. The molecule has 2 aromatic rings. The Balaban J connectivity index is 1.37. The molecular weight excluding hydrogens is 370 g/mol. The molecule has 0 radical (unpaired) electrons. The molecule has 3 aliphatic heterocycles. The Bertz CT molecular complexity index is 975. The summed E-state index contributed by atoms with van der Waals surface area (Å²) in [6, 6.07) is 11.0. The van der Waals surface area contributed by atoms with E-state index in [1.807, 2.05) is 48.6 Å². The Morgan fingerprint density at radius 2 is 2.03 bits per heavy atom. The first-order valence-electron chi connectivity index (χ1n) is 9.60. The van der Waals surface area contributed by atoms with Crippen LogP contribution in [0.1, 0.15) is 5.56 Å². The van der Waals surface area contributed by atoms with E-state index in [1.54, 1.807) is 24.4 Å². The summed E-state index contributed by atoms with van der Waals surface area (Å²) in [7, 11) is 1.60. The van der Waals surface area contributed by atoms with Crippen molar-refractivity contribution in [3.05, 3.63) is 66.5 Å². The number of pyridine rings is 1. The third-order valence-electron chi connectivity index (χ3n) is 6.00. The number of carbonyl (C=O) groups excluding carboxylic acids is 2. The predicted molar refractivity (Wildman–Crippen MR) is 105 cm³/mol. The summed E-state index contributed by atoms with van der Waals surface area (Å²) >= 11 is 0. The van der Waals surface area contributed by atoms with Crippen molar-refractivity contribution in [2.24, 2.45) is 11.8 Å². The van der Waals surface area contributed by atoms with Crippen LogP contribution in [0, 0.1) is 11.8 Å². The van der Waals surface area contributed by atoms with Gasteiger partial charge in [0.2, 0.25) is 11.8 Å². The maximum Gasteiger partial charge on any atom is 0.234 e. The quantitative estimate of drug-likeness (QED) is 0.785. The molecule has 2 saturated heterocycles. The molecule has 148 valence electrons. The highest BCUT2D eigenvalue weighted by Gasteiger charge is 2.67. The van der Waals surface area contributed by atoms with Crippen LogP contribution < -0.4 is 15.0 Å². The monoisotopic (exact) mass is 391 g/mol. The van der Waals surface area contributed by atoms with Crippen LogP contribution in [-0.2, 0) is 20.9 Å². The number of methoxy groups -OCH3 is 1. The molecular formula is C22H21N3O4. The normalized spacial score (nSPS) is 29.2. The van der Waals surface area contributed by atoms with E-state index in [2.05, 4.69) is 10.3 Å². The zero-order valence-electron chi connectivity index (χ0n) is 15.9. The lowest BCUT2D eigenvalue weighted by molar-refractivity contribution is -0.132. The van der Waals surface area contributed by atoms with Gasteiger partial charge in [0.25, 0.3) is 0 Å². The lowest BCUT2D eigenvalue weighted by Crippen LogP contribution is -2.43. The lowest BCUT2D eigenvalue weighted by Gasteiger charge is -2.23. The van der Waals surface area contributed by atoms with Crippen molar-refractivity contribution >= 4 is 17.5 Å². The van der Waals surface area contributed by atoms with E-state index in [1.165, 1.54) is 0 Å². The Hall–Kier alpha value is -3.19. The van der Waals surface area contributed by atoms with Crippen LogP contribution >= 0.6 is 0 Å². The van der Waals surface area contributed by atoms with Gasteiger partial charge in [-0.05, 0) is 42.0 Å². The Morgan fingerprint density at radius 3 is 2.76 bits per heavy atom. The number of aromatic nitrogens is 1. The number of fused-ring (bicyclic) bond motifs is 1. The third-order valence-corrected chi connectivity index (χ3v) is 6.00. The second-order valence-electron chi connectivity index (χ2n) is 7.60.